The van der Waals surface area contributed by atoms with Crippen molar-refractivity contribution in [3.05, 3.63) is 47.0 Å². The number of nitrogens with one attached hydrogen (secondary N) is 1. The van der Waals surface area contributed by atoms with Crippen LogP contribution in [0, 0.1) is 0 Å². The Hall–Kier alpha value is -1.29. The van der Waals surface area contributed by atoms with E-state index in [1.54, 1.807) is 12.1 Å². The van der Waals surface area contributed by atoms with Crippen LogP contribution in [0.4, 0.5) is 13.2 Å². The molecule has 2 rings (SSSR count). The molecule has 1 nitrogen and oxygen atoms in total. The molecule has 0 saturated heterocycles. The number of benzene rings is 1. The molecular weight excluding hydrogens is 275 g/mol. The maximum atomic E-state index is 13.2. The molecule has 0 saturated carbocycles. The van der Waals surface area contributed by atoms with Crippen LogP contribution in [0.15, 0.2) is 35.9 Å². The van der Waals surface area contributed by atoms with Gasteiger partial charge in [-0.15, -0.1) is 0 Å². The van der Waals surface area contributed by atoms with Gasteiger partial charge in [-0.05, 0) is 50.3 Å². The monoisotopic (exact) mass is 297 g/mol. The predicted octanol–water partition coefficient (Wildman–Crippen LogP) is 5.25. The highest BCUT2D eigenvalue weighted by Crippen LogP contribution is 2.37. The van der Waals surface area contributed by atoms with E-state index in [2.05, 4.69) is 11.4 Å². The van der Waals surface area contributed by atoms with Gasteiger partial charge in [0.05, 0.1) is 5.56 Å². The molecule has 0 bridgehead atoms. The van der Waals surface area contributed by atoms with E-state index >= 15 is 0 Å². The van der Waals surface area contributed by atoms with Crippen LogP contribution in [-0.4, -0.2) is 6.54 Å². The topological polar surface area (TPSA) is 12.0 Å². The summed E-state index contributed by atoms with van der Waals surface area (Å²) in [6.45, 7) is 2.59. The van der Waals surface area contributed by atoms with Crippen molar-refractivity contribution < 1.29 is 13.2 Å². The van der Waals surface area contributed by atoms with E-state index < -0.39 is 11.7 Å². The lowest BCUT2D eigenvalue weighted by molar-refractivity contribution is -0.138. The Kier molecular flexibility index (Phi) is 5.45. The van der Waals surface area contributed by atoms with Gasteiger partial charge in [0, 0.05) is 6.04 Å². The molecule has 1 aliphatic rings. The molecule has 1 atom stereocenters. The Balaban J connectivity index is 2.27. The molecule has 0 aromatic heterocycles. The average Bonchev–Trinajstić information content (AvgIpc) is 2.47. The molecule has 0 amide bonds. The van der Waals surface area contributed by atoms with E-state index in [9.17, 15) is 13.2 Å². The highest BCUT2D eigenvalue weighted by Gasteiger charge is 2.34. The number of hydrogen-bond acceptors (Lipinski definition) is 1. The van der Waals surface area contributed by atoms with Crippen molar-refractivity contribution in [1.82, 2.24) is 5.32 Å². The minimum Gasteiger partial charge on any atom is -0.310 e. The largest absolute Gasteiger partial charge is 0.416 e. The van der Waals surface area contributed by atoms with Crippen LogP contribution in [0.25, 0.3) is 0 Å². The van der Waals surface area contributed by atoms with Crippen molar-refractivity contribution in [3.8, 4) is 0 Å². The first kappa shape index (κ1) is 16.1. The number of hydrogen-bond donors (Lipinski definition) is 1. The third-order valence-corrected chi connectivity index (χ3v) is 3.94. The van der Waals surface area contributed by atoms with Gasteiger partial charge in [-0.2, -0.15) is 13.2 Å². The van der Waals surface area contributed by atoms with Crippen molar-refractivity contribution in [2.45, 2.75) is 51.2 Å². The summed E-state index contributed by atoms with van der Waals surface area (Å²) in [5.74, 6) is 0. The fourth-order valence-corrected chi connectivity index (χ4v) is 2.95. The van der Waals surface area contributed by atoms with E-state index in [0.29, 0.717) is 18.5 Å². The predicted molar refractivity (Wildman–Crippen MR) is 79.0 cm³/mol. The number of halogens is 3. The standard InChI is InChI=1S/C17H22F3N/c1-2-21-16(12-13-8-4-3-5-9-13)14-10-6-7-11-15(14)17(18,19)20/h6-8,10-11,16,21H,2-5,9,12H2,1H3. The number of rotatable bonds is 5. The zero-order chi connectivity index (χ0) is 15.3. The summed E-state index contributed by atoms with van der Waals surface area (Å²) in [5.41, 5.74) is 1.12. The Morgan fingerprint density at radius 3 is 2.57 bits per heavy atom. The van der Waals surface area contributed by atoms with Crippen LogP contribution in [-0.2, 0) is 6.18 Å². The quantitative estimate of drug-likeness (QED) is 0.732. The zero-order valence-corrected chi connectivity index (χ0v) is 12.3. The molecule has 116 valence electrons. The van der Waals surface area contributed by atoms with Gasteiger partial charge in [0.25, 0.3) is 0 Å². The average molecular weight is 297 g/mol. The van der Waals surface area contributed by atoms with Crippen molar-refractivity contribution in [2.75, 3.05) is 6.54 Å². The fraction of sp³-hybridized carbons (Fsp3) is 0.529. The van der Waals surface area contributed by atoms with E-state index in [-0.39, 0.29) is 6.04 Å². The fourth-order valence-electron chi connectivity index (χ4n) is 2.95. The van der Waals surface area contributed by atoms with Gasteiger partial charge in [-0.25, -0.2) is 0 Å². The molecule has 1 aromatic carbocycles. The Morgan fingerprint density at radius 2 is 1.95 bits per heavy atom. The van der Waals surface area contributed by atoms with Crippen LogP contribution in [0.1, 0.15) is 56.2 Å². The molecule has 1 aliphatic carbocycles. The van der Waals surface area contributed by atoms with Gasteiger partial charge in [-0.3, -0.25) is 0 Å². The Bertz CT molecular complexity index is 491. The summed E-state index contributed by atoms with van der Waals surface area (Å²) in [6, 6.07) is 5.64. The minimum atomic E-state index is -4.30. The van der Waals surface area contributed by atoms with E-state index in [1.807, 2.05) is 6.92 Å². The van der Waals surface area contributed by atoms with Crippen molar-refractivity contribution in [2.24, 2.45) is 0 Å². The second-order valence-electron chi connectivity index (χ2n) is 5.51. The summed E-state index contributed by atoms with van der Waals surface area (Å²) >= 11 is 0. The Morgan fingerprint density at radius 1 is 1.19 bits per heavy atom. The third-order valence-electron chi connectivity index (χ3n) is 3.94. The van der Waals surface area contributed by atoms with Crippen LogP contribution in [0.5, 0.6) is 0 Å². The molecule has 21 heavy (non-hydrogen) atoms. The molecular formula is C17H22F3N. The summed E-state index contributed by atoms with van der Waals surface area (Å²) < 4.78 is 39.6. The van der Waals surface area contributed by atoms with Gasteiger partial charge in [0.1, 0.15) is 0 Å². The molecule has 0 heterocycles. The molecule has 4 heteroatoms. The first-order valence-electron chi connectivity index (χ1n) is 7.59. The van der Waals surface area contributed by atoms with Crippen LogP contribution in [0.3, 0.4) is 0 Å². The van der Waals surface area contributed by atoms with Crippen LogP contribution >= 0.6 is 0 Å². The first-order chi connectivity index (χ1) is 10.0. The molecule has 1 N–H and O–H groups in total. The maximum Gasteiger partial charge on any atom is 0.416 e. The molecule has 0 fully saturated rings. The second-order valence-corrected chi connectivity index (χ2v) is 5.51. The minimum absolute atomic E-state index is 0.267. The van der Waals surface area contributed by atoms with E-state index in [1.165, 1.54) is 24.1 Å². The number of alkyl halides is 3. The van der Waals surface area contributed by atoms with Crippen LogP contribution < -0.4 is 5.32 Å². The van der Waals surface area contributed by atoms with Gasteiger partial charge in [0.2, 0.25) is 0 Å². The normalized spacial score (nSPS) is 17.4. The zero-order valence-electron chi connectivity index (χ0n) is 12.3. The van der Waals surface area contributed by atoms with Crippen LogP contribution in [0.2, 0.25) is 0 Å². The summed E-state index contributed by atoms with van der Waals surface area (Å²) in [7, 11) is 0. The lowest BCUT2D eigenvalue weighted by Gasteiger charge is -2.25. The van der Waals surface area contributed by atoms with E-state index in [4.69, 9.17) is 0 Å². The Labute approximate surface area is 124 Å². The highest BCUT2D eigenvalue weighted by molar-refractivity contribution is 5.33. The molecule has 0 radical (unpaired) electrons. The van der Waals surface area contributed by atoms with Gasteiger partial charge >= 0.3 is 6.18 Å². The summed E-state index contributed by atoms with van der Waals surface area (Å²) in [6.07, 6.45) is 2.96. The van der Waals surface area contributed by atoms with E-state index in [0.717, 1.165) is 19.3 Å². The molecule has 0 spiro atoms. The van der Waals surface area contributed by atoms with Crippen molar-refractivity contribution in [3.63, 3.8) is 0 Å². The smallest absolute Gasteiger partial charge is 0.310 e. The van der Waals surface area contributed by atoms with Crippen molar-refractivity contribution in [1.29, 1.82) is 0 Å². The lowest BCUT2D eigenvalue weighted by atomic mass is 9.89. The second kappa shape index (κ2) is 7.12. The summed E-state index contributed by atoms with van der Waals surface area (Å²) in [5, 5.41) is 3.22. The maximum absolute atomic E-state index is 13.2. The van der Waals surface area contributed by atoms with Gasteiger partial charge in [-0.1, -0.05) is 36.8 Å². The summed E-state index contributed by atoms with van der Waals surface area (Å²) in [4.78, 5) is 0. The third kappa shape index (κ3) is 4.34. The van der Waals surface area contributed by atoms with Gasteiger partial charge in [0.15, 0.2) is 0 Å². The molecule has 1 unspecified atom stereocenters. The number of allylic oxidation sites excluding steroid dienone is 1. The lowest BCUT2D eigenvalue weighted by Crippen LogP contribution is -2.24. The van der Waals surface area contributed by atoms with Gasteiger partial charge < -0.3 is 5.32 Å². The van der Waals surface area contributed by atoms with Crippen molar-refractivity contribution >= 4 is 0 Å². The molecule has 1 aromatic rings. The first-order valence-corrected chi connectivity index (χ1v) is 7.59. The highest BCUT2D eigenvalue weighted by atomic mass is 19.4. The SMILES string of the molecule is CCNC(CC1=CCCCC1)c1ccccc1C(F)(F)F. The molecule has 0 aliphatic heterocycles.